The predicted molar refractivity (Wildman–Crippen MR) is 43.6 cm³/mol. The van der Waals surface area contributed by atoms with E-state index in [4.69, 9.17) is 0 Å². The SMILES string of the molecule is O=C1NNN(c2ccc(F)cc2F)N1. The molecule has 0 atom stereocenters. The molecular formula is C7H6F2N4O. The van der Waals surface area contributed by atoms with Gasteiger partial charge in [0, 0.05) is 6.07 Å². The summed E-state index contributed by atoms with van der Waals surface area (Å²) in [6.07, 6.45) is 0. The molecule has 1 heterocycles. The Morgan fingerprint density at radius 3 is 2.64 bits per heavy atom. The predicted octanol–water partition coefficient (Wildman–Crippen LogP) is 0.419. The van der Waals surface area contributed by atoms with E-state index in [0.29, 0.717) is 0 Å². The van der Waals surface area contributed by atoms with E-state index in [-0.39, 0.29) is 5.69 Å². The third-order valence-electron chi connectivity index (χ3n) is 1.65. The van der Waals surface area contributed by atoms with Gasteiger partial charge in [0.1, 0.15) is 11.5 Å². The summed E-state index contributed by atoms with van der Waals surface area (Å²) in [4.78, 5) is 10.7. The normalized spacial score (nSPS) is 15.3. The Morgan fingerprint density at radius 2 is 2.07 bits per heavy atom. The van der Waals surface area contributed by atoms with Crippen molar-refractivity contribution in [2.24, 2.45) is 0 Å². The third-order valence-corrected chi connectivity index (χ3v) is 1.65. The molecule has 1 fully saturated rings. The number of anilines is 1. The lowest BCUT2D eigenvalue weighted by atomic mass is 10.3. The van der Waals surface area contributed by atoms with E-state index >= 15 is 0 Å². The van der Waals surface area contributed by atoms with E-state index in [0.717, 1.165) is 17.3 Å². The highest BCUT2D eigenvalue weighted by molar-refractivity contribution is 5.77. The van der Waals surface area contributed by atoms with E-state index in [2.05, 4.69) is 16.4 Å². The maximum Gasteiger partial charge on any atom is 0.350 e. The Bertz CT molecular complexity index is 384. The first-order valence-electron chi connectivity index (χ1n) is 3.74. The molecule has 1 aliphatic heterocycles. The molecule has 14 heavy (non-hydrogen) atoms. The summed E-state index contributed by atoms with van der Waals surface area (Å²) in [5, 5.41) is 1.01. The van der Waals surface area contributed by atoms with E-state index in [9.17, 15) is 13.6 Å². The maximum atomic E-state index is 13.1. The van der Waals surface area contributed by atoms with Crippen LogP contribution in [0.5, 0.6) is 0 Å². The molecule has 2 amide bonds. The van der Waals surface area contributed by atoms with E-state index in [1.165, 1.54) is 6.07 Å². The molecule has 1 saturated heterocycles. The summed E-state index contributed by atoms with van der Waals surface area (Å²) in [5.74, 6) is -1.45. The summed E-state index contributed by atoms with van der Waals surface area (Å²) in [5.41, 5.74) is 6.78. The van der Waals surface area contributed by atoms with Crippen LogP contribution in [0.4, 0.5) is 19.3 Å². The van der Waals surface area contributed by atoms with Crippen LogP contribution in [0.25, 0.3) is 0 Å². The van der Waals surface area contributed by atoms with Gasteiger partial charge in [-0.25, -0.2) is 19.0 Å². The molecule has 0 saturated carbocycles. The van der Waals surface area contributed by atoms with Gasteiger partial charge in [0.05, 0.1) is 0 Å². The highest BCUT2D eigenvalue weighted by atomic mass is 19.1. The minimum atomic E-state index is -0.776. The topological polar surface area (TPSA) is 56.4 Å². The van der Waals surface area contributed by atoms with E-state index < -0.39 is 17.7 Å². The van der Waals surface area contributed by atoms with Crippen LogP contribution < -0.4 is 21.5 Å². The van der Waals surface area contributed by atoms with Crippen molar-refractivity contribution in [2.75, 3.05) is 5.12 Å². The van der Waals surface area contributed by atoms with Crippen molar-refractivity contribution < 1.29 is 13.6 Å². The van der Waals surface area contributed by atoms with Crippen LogP contribution in [0.15, 0.2) is 18.2 Å². The van der Waals surface area contributed by atoms with Crippen molar-refractivity contribution in [3.05, 3.63) is 29.8 Å². The van der Waals surface area contributed by atoms with Gasteiger partial charge in [0.2, 0.25) is 0 Å². The number of hydrogen-bond donors (Lipinski definition) is 3. The molecule has 2 rings (SSSR count). The van der Waals surface area contributed by atoms with Gasteiger partial charge in [-0.3, -0.25) is 5.43 Å². The standard InChI is InChI=1S/C7H6F2N4O/c8-4-1-2-6(5(9)3-4)13-11-7(14)10-12-13/h1-3,12H,(H2,10,11,14). The zero-order valence-electron chi connectivity index (χ0n) is 6.84. The smallest absolute Gasteiger partial charge is 0.252 e. The second-order valence-electron chi connectivity index (χ2n) is 2.61. The fourth-order valence-corrected chi connectivity index (χ4v) is 1.05. The van der Waals surface area contributed by atoms with E-state index in [1.807, 2.05) is 0 Å². The first-order chi connectivity index (χ1) is 6.66. The lowest BCUT2D eigenvalue weighted by Gasteiger charge is -2.15. The average Bonchev–Trinajstić information content (AvgIpc) is 2.51. The van der Waals surface area contributed by atoms with Crippen LogP contribution in [0.1, 0.15) is 0 Å². The largest absolute Gasteiger partial charge is 0.350 e. The lowest BCUT2D eigenvalue weighted by Crippen LogP contribution is -2.40. The maximum absolute atomic E-state index is 13.1. The molecule has 1 aliphatic rings. The Kier molecular flexibility index (Phi) is 1.93. The number of carbonyl (C=O) groups excluding carboxylic acids is 1. The fourth-order valence-electron chi connectivity index (χ4n) is 1.05. The fraction of sp³-hybridized carbons (Fsp3) is 0. The number of carbonyl (C=O) groups is 1. The Morgan fingerprint density at radius 1 is 1.29 bits per heavy atom. The number of halogens is 2. The molecule has 0 bridgehead atoms. The molecule has 3 N–H and O–H groups in total. The van der Waals surface area contributed by atoms with Gasteiger partial charge >= 0.3 is 6.03 Å². The van der Waals surface area contributed by atoms with Crippen LogP contribution in [0, 0.1) is 11.6 Å². The third kappa shape index (κ3) is 1.44. The van der Waals surface area contributed by atoms with Crippen molar-refractivity contribution in [1.29, 1.82) is 0 Å². The van der Waals surface area contributed by atoms with Crippen molar-refractivity contribution in [2.45, 2.75) is 0 Å². The molecule has 0 radical (unpaired) electrons. The molecular weight excluding hydrogens is 194 g/mol. The summed E-state index contributed by atoms with van der Waals surface area (Å²) in [6, 6.07) is 2.49. The molecule has 5 nitrogen and oxygen atoms in total. The van der Waals surface area contributed by atoms with Crippen LogP contribution in [0.3, 0.4) is 0 Å². The van der Waals surface area contributed by atoms with Gasteiger partial charge in [0.15, 0.2) is 5.82 Å². The van der Waals surface area contributed by atoms with Crippen LogP contribution in [-0.4, -0.2) is 6.03 Å². The molecule has 7 heteroatoms. The van der Waals surface area contributed by atoms with Crippen molar-refractivity contribution >= 4 is 11.7 Å². The Balaban J connectivity index is 2.28. The molecule has 74 valence electrons. The number of hydrazine groups is 3. The molecule has 1 aromatic rings. The summed E-state index contributed by atoms with van der Waals surface area (Å²) >= 11 is 0. The summed E-state index contributed by atoms with van der Waals surface area (Å²) in [6.45, 7) is 0. The van der Waals surface area contributed by atoms with Crippen LogP contribution >= 0.6 is 0 Å². The monoisotopic (exact) mass is 200 g/mol. The number of urea groups is 1. The minimum Gasteiger partial charge on any atom is -0.252 e. The highest BCUT2D eigenvalue weighted by Crippen LogP contribution is 2.17. The zero-order valence-corrected chi connectivity index (χ0v) is 6.84. The van der Waals surface area contributed by atoms with Crippen molar-refractivity contribution in [1.82, 2.24) is 16.4 Å². The number of benzene rings is 1. The van der Waals surface area contributed by atoms with Gasteiger partial charge in [-0.1, -0.05) is 0 Å². The number of nitrogens with zero attached hydrogens (tertiary/aromatic N) is 1. The lowest BCUT2D eigenvalue weighted by molar-refractivity contribution is 0.247. The van der Waals surface area contributed by atoms with Gasteiger partial charge in [-0.05, 0) is 12.1 Å². The molecule has 0 spiro atoms. The molecule has 0 unspecified atom stereocenters. The van der Waals surface area contributed by atoms with Gasteiger partial charge in [-0.2, -0.15) is 5.12 Å². The van der Waals surface area contributed by atoms with Crippen LogP contribution in [0.2, 0.25) is 0 Å². The first-order valence-corrected chi connectivity index (χ1v) is 3.74. The first kappa shape index (κ1) is 8.70. The average molecular weight is 200 g/mol. The molecule has 0 aliphatic carbocycles. The second kappa shape index (κ2) is 3.11. The highest BCUT2D eigenvalue weighted by Gasteiger charge is 2.20. The number of nitrogens with one attached hydrogen (secondary N) is 3. The minimum absolute atomic E-state index is 0.0183. The summed E-state index contributed by atoms with van der Waals surface area (Å²) < 4.78 is 25.7. The summed E-state index contributed by atoms with van der Waals surface area (Å²) in [7, 11) is 0. The van der Waals surface area contributed by atoms with Gasteiger partial charge in [0.25, 0.3) is 0 Å². The number of rotatable bonds is 1. The van der Waals surface area contributed by atoms with E-state index in [1.54, 1.807) is 0 Å². The van der Waals surface area contributed by atoms with Gasteiger partial charge in [-0.15, -0.1) is 5.53 Å². The second-order valence-corrected chi connectivity index (χ2v) is 2.61. The Hall–Kier alpha value is -1.89. The quantitative estimate of drug-likeness (QED) is 0.615. The van der Waals surface area contributed by atoms with Gasteiger partial charge < -0.3 is 0 Å². The van der Waals surface area contributed by atoms with Crippen molar-refractivity contribution in [3.8, 4) is 0 Å². The molecule has 0 aromatic heterocycles. The van der Waals surface area contributed by atoms with Crippen LogP contribution in [-0.2, 0) is 0 Å². The Labute approximate surface area is 77.6 Å². The van der Waals surface area contributed by atoms with Crippen molar-refractivity contribution in [3.63, 3.8) is 0 Å². The number of hydrogen-bond acceptors (Lipinski definition) is 3. The molecule has 1 aromatic carbocycles. The zero-order chi connectivity index (χ0) is 10.1. The number of amides is 2.